The molecule has 0 aliphatic carbocycles. The van der Waals surface area contributed by atoms with Crippen LogP contribution in [0, 0.1) is 23.7 Å². The van der Waals surface area contributed by atoms with E-state index >= 15 is 0 Å². The minimum absolute atomic E-state index is 0.275. The third-order valence-corrected chi connectivity index (χ3v) is 1.66. The number of alkyl halides is 1. The average molecular weight is 178 g/mol. The van der Waals surface area contributed by atoms with E-state index in [1.54, 1.807) is 6.07 Å². The lowest BCUT2D eigenvalue weighted by Crippen LogP contribution is -2.15. The molecule has 1 aromatic heterocycles. The molecule has 58 valence electrons. The highest BCUT2D eigenvalue weighted by Crippen LogP contribution is 2.24. The van der Waals surface area contributed by atoms with Crippen LogP contribution >= 0.6 is 11.6 Å². The Kier molecular flexibility index (Phi) is 2.28. The van der Waals surface area contributed by atoms with E-state index < -0.39 is 4.87 Å². The van der Waals surface area contributed by atoms with Gasteiger partial charge in [0.15, 0.2) is 0 Å². The van der Waals surface area contributed by atoms with Crippen LogP contribution in [-0.4, -0.2) is 9.97 Å². The molecule has 0 N–H and O–H groups in total. The molecule has 0 saturated heterocycles. The van der Waals surface area contributed by atoms with Gasteiger partial charge >= 0.3 is 0 Å². The Morgan fingerprint density at radius 3 is 2.75 bits per heavy atom. The van der Waals surface area contributed by atoms with Crippen molar-refractivity contribution in [3.8, 4) is 18.4 Å². The molecule has 0 aromatic carbocycles. The molecule has 12 heavy (non-hydrogen) atoms. The minimum atomic E-state index is -1.49. The van der Waals surface area contributed by atoms with Crippen molar-refractivity contribution in [2.45, 2.75) is 4.87 Å². The van der Waals surface area contributed by atoms with Gasteiger partial charge in [-0.1, -0.05) is 17.5 Å². The second-order valence-electron chi connectivity index (χ2n) is 2.01. The second-order valence-corrected chi connectivity index (χ2v) is 2.57. The fraction of sp³-hybridized carbons (Fsp3) is 0.125. The van der Waals surface area contributed by atoms with Crippen LogP contribution in [-0.2, 0) is 4.87 Å². The predicted octanol–water partition coefficient (Wildman–Crippen LogP) is 1.07. The Hall–Kier alpha value is -1.58. The summed E-state index contributed by atoms with van der Waals surface area (Å²) in [5.74, 6) is 2.15. The molecule has 0 saturated carbocycles. The summed E-state index contributed by atoms with van der Waals surface area (Å²) in [4.78, 5) is 6.09. The molecule has 4 heteroatoms. The molecule has 1 atom stereocenters. The summed E-state index contributed by atoms with van der Waals surface area (Å²) in [7, 11) is 0. The van der Waals surface area contributed by atoms with Crippen molar-refractivity contribution >= 4 is 11.6 Å². The van der Waals surface area contributed by atoms with Gasteiger partial charge in [-0.3, -0.25) is 9.97 Å². The summed E-state index contributed by atoms with van der Waals surface area (Å²) in [6, 6.07) is 1.77. The standard InChI is InChI=1S/C8H4ClN3/c1-2-8(9,6-10)7-5-11-3-4-12-7/h1,3-5H. The van der Waals surface area contributed by atoms with E-state index in [-0.39, 0.29) is 5.69 Å². The van der Waals surface area contributed by atoms with Crippen LogP contribution in [0.3, 0.4) is 0 Å². The number of terminal acetylenes is 1. The highest BCUT2D eigenvalue weighted by molar-refractivity contribution is 6.27. The van der Waals surface area contributed by atoms with Crippen molar-refractivity contribution in [3.05, 3.63) is 24.3 Å². The zero-order valence-corrected chi connectivity index (χ0v) is 6.78. The number of rotatable bonds is 1. The van der Waals surface area contributed by atoms with Gasteiger partial charge < -0.3 is 0 Å². The van der Waals surface area contributed by atoms with Crippen LogP contribution in [0.15, 0.2) is 18.6 Å². The normalized spacial score (nSPS) is 13.9. The van der Waals surface area contributed by atoms with Crippen LogP contribution in [0.5, 0.6) is 0 Å². The van der Waals surface area contributed by atoms with E-state index in [4.69, 9.17) is 23.3 Å². The molecule has 0 aliphatic rings. The topological polar surface area (TPSA) is 49.6 Å². The van der Waals surface area contributed by atoms with E-state index in [9.17, 15) is 0 Å². The largest absolute Gasteiger partial charge is 0.261 e. The lowest BCUT2D eigenvalue weighted by atomic mass is 10.1. The van der Waals surface area contributed by atoms with Crippen molar-refractivity contribution in [2.24, 2.45) is 0 Å². The lowest BCUT2D eigenvalue weighted by molar-refractivity contribution is 0.927. The van der Waals surface area contributed by atoms with Gasteiger partial charge in [0.25, 0.3) is 0 Å². The molecule has 0 bridgehead atoms. The molecule has 3 nitrogen and oxygen atoms in total. The van der Waals surface area contributed by atoms with Crippen LogP contribution in [0.4, 0.5) is 0 Å². The van der Waals surface area contributed by atoms with Crippen molar-refractivity contribution in [3.63, 3.8) is 0 Å². The summed E-state index contributed by atoms with van der Waals surface area (Å²) in [5, 5.41) is 8.65. The number of aromatic nitrogens is 2. The lowest BCUT2D eigenvalue weighted by Gasteiger charge is -2.08. The first-order valence-corrected chi connectivity index (χ1v) is 3.45. The van der Waals surface area contributed by atoms with Gasteiger partial charge in [-0.05, 0) is 0 Å². The highest BCUT2D eigenvalue weighted by atomic mass is 35.5. The predicted molar refractivity (Wildman–Crippen MR) is 44.0 cm³/mol. The Balaban J connectivity index is 3.17. The van der Waals surface area contributed by atoms with Gasteiger partial charge in [0.2, 0.25) is 4.87 Å². The molecule has 0 spiro atoms. The molecular weight excluding hydrogens is 174 g/mol. The molecule has 0 amide bonds. The van der Waals surface area contributed by atoms with Crippen molar-refractivity contribution in [1.29, 1.82) is 5.26 Å². The van der Waals surface area contributed by atoms with Crippen LogP contribution < -0.4 is 0 Å². The number of nitrogens with zero attached hydrogens (tertiary/aromatic N) is 3. The summed E-state index contributed by atoms with van der Waals surface area (Å²) in [5.41, 5.74) is 0.275. The van der Waals surface area contributed by atoms with E-state index in [1.807, 2.05) is 0 Å². The van der Waals surface area contributed by atoms with E-state index in [0.29, 0.717) is 0 Å². The first-order valence-electron chi connectivity index (χ1n) is 3.07. The van der Waals surface area contributed by atoms with Gasteiger partial charge in [-0.15, -0.1) is 6.42 Å². The molecule has 1 heterocycles. The zero-order chi connectivity index (χ0) is 9.03. The maximum atomic E-state index is 8.65. The Morgan fingerprint density at radius 1 is 1.58 bits per heavy atom. The van der Waals surface area contributed by atoms with E-state index in [2.05, 4.69) is 15.9 Å². The highest BCUT2D eigenvalue weighted by Gasteiger charge is 2.28. The summed E-state index contributed by atoms with van der Waals surface area (Å²) < 4.78 is 0. The third-order valence-electron chi connectivity index (χ3n) is 1.27. The minimum Gasteiger partial charge on any atom is -0.261 e. The summed E-state index contributed by atoms with van der Waals surface area (Å²) in [6.07, 6.45) is 9.36. The number of halogens is 1. The summed E-state index contributed by atoms with van der Waals surface area (Å²) >= 11 is 5.73. The van der Waals surface area contributed by atoms with Crippen molar-refractivity contribution < 1.29 is 0 Å². The van der Waals surface area contributed by atoms with E-state index in [0.717, 1.165) is 0 Å². The number of hydrogen-bond donors (Lipinski definition) is 0. The van der Waals surface area contributed by atoms with Crippen molar-refractivity contribution in [1.82, 2.24) is 9.97 Å². The maximum Gasteiger partial charge on any atom is 0.233 e. The smallest absolute Gasteiger partial charge is 0.233 e. The number of nitriles is 1. The molecule has 1 aromatic rings. The molecule has 0 fully saturated rings. The van der Waals surface area contributed by atoms with Gasteiger partial charge in [-0.2, -0.15) is 5.26 Å². The third kappa shape index (κ3) is 1.37. The molecule has 1 unspecified atom stereocenters. The quantitative estimate of drug-likeness (QED) is 0.476. The fourth-order valence-electron chi connectivity index (χ4n) is 0.640. The van der Waals surface area contributed by atoms with Crippen LogP contribution in [0.25, 0.3) is 0 Å². The Bertz CT molecular complexity index is 333. The first kappa shape index (κ1) is 8.52. The first-order chi connectivity index (χ1) is 5.73. The Morgan fingerprint density at radius 2 is 2.33 bits per heavy atom. The van der Waals surface area contributed by atoms with Gasteiger partial charge in [0, 0.05) is 12.4 Å². The molecule has 0 radical (unpaired) electrons. The number of hydrogen-bond acceptors (Lipinski definition) is 3. The monoisotopic (exact) mass is 177 g/mol. The second kappa shape index (κ2) is 3.21. The SMILES string of the molecule is C#CC(Cl)(C#N)c1cnccn1. The average Bonchev–Trinajstić information content (AvgIpc) is 2.18. The molecule has 1 rings (SSSR count). The van der Waals surface area contributed by atoms with Gasteiger partial charge in [0.05, 0.1) is 6.20 Å². The maximum absolute atomic E-state index is 8.65. The van der Waals surface area contributed by atoms with Crippen molar-refractivity contribution in [2.75, 3.05) is 0 Å². The van der Waals surface area contributed by atoms with Gasteiger partial charge in [-0.25, -0.2) is 0 Å². The Labute approximate surface area is 75.0 Å². The molecular formula is C8H4ClN3. The molecule has 0 aliphatic heterocycles. The fourth-order valence-corrected chi connectivity index (χ4v) is 0.738. The van der Waals surface area contributed by atoms with Gasteiger partial charge in [0.1, 0.15) is 11.8 Å². The summed E-state index contributed by atoms with van der Waals surface area (Å²) in [6.45, 7) is 0. The van der Waals surface area contributed by atoms with Crippen LogP contribution in [0.1, 0.15) is 5.69 Å². The zero-order valence-electron chi connectivity index (χ0n) is 6.03. The van der Waals surface area contributed by atoms with Crippen LogP contribution in [0.2, 0.25) is 0 Å². The van der Waals surface area contributed by atoms with E-state index in [1.165, 1.54) is 18.6 Å².